The number of rotatable bonds is 1. The number of benzene rings is 1. The van der Waals surface area contributed by atoms with Gasteiger partial charge < -0.3 is 0 Å². The SMILES string of the molecule is [Zr+2]=[B]c1ccccc1. The van der Waals surface area contributed by atoms with Gasteiger partial charge in [0.1, 0.15) is 0 Å². The van der Waals surface area contributed by atoms with Crippen molar-refractivity contribution in [1.29, 1.82) is 0 Å². The summed E-state index contributed by atoms with van der Waals surface area (Å²) in [5, 5.41) is 0. The van der Waals surface area contributed by atoms with Crippen LogP contribution in [-0.2, 0) is 24.0 Å². The molecule has 0 atom stereocenters. The van der Waals surface area contributed by atoms with Crippen LogP contribution in [0.2, 0.25) is 0 Å². The summed E-state index contributed by atoms with van der Waals surface area (Å²) in [6, 6.07) is 10.3. The third kappa shape index (κ3) is 1.59. The molecule has 0 aliphatic rings. The molecule has 0 fully saturated rings. The van der Waals surface area contributed by atoms with Gasteiger partial charge in [0.25, 0.3) is 0 Å². The van der Waals surface area contributed by atoms with E-state index in [2.05, 4.69) is 28.6 Å². The number of hydrogen-bond donors (Lipinski definition) is 0. The van der Waals surface area contributed by atoms with E-state index in [9.17, 15) is 0 Å². The Bertz CT molecular complexity index is 171. The monoisotopic (exact) mass is 178 g/mol. The Hall–Kier alpha value is 0.168. The molecule has 34 valence electrons. The predicted molar refractivity (Wildman–Crippen MR) is 31.8 cm³/mol. The summed E-state index contributed by atoms with van der Waals surface area (Å²) in [6.45, 7) is 0. The third-order valence-electron chi connectivity index (χ3n) is 0.966. The van der Waals surface area contributed by atoms with E-state index in [0.717, 1.165) is 0 Å². The molecule has 0 unspecified atom stereocenters. The molecule has 2 heteroatoms. The summed E-state index contributed by atoms with van der Waals surface area (Å²) < 4.78 is 2.17. The average Bonchev–Trinajstić information content (AvgIpc) is 1.90. The molecule has 0 saturated carbocycles. The van der Waals surface area contributed by atoms with E-state index < -0.39 is 0 Å². The van der Waals surface area contributed by atoms with Crippen molar-refractivity contribution in [2.75, 3.05) is 0 Å². The summed E-state index contributed by atoms with van der Waals surface area (Å²) in [4.78, 5) is 0. The number of hydrogen-bond acceptors (Lipinski definition) is 0. The Kier molecular flexibility index (Phi) is 2.55. The Balaban J connectivity index is 2.99. The average molecular weight is 179 g/mol. The first-order valence-corrected chi connectivity index (χ1v) is 3.91. The molecule has 0 spiro atoms. The second kappa shape index (κ2) is 3.24. The van der Waals surface area contributed by atoms with Crippen LogP contribution in [-0.4, -0.2) is 4.37 Å². The molecule has 0 N–H and O–H groups in total. The van der Waals surface area contributed by atoms with Crippen LogP contribution in [0.15, 0.2) is 30.3 Å². The maximum atomic E-state index is 2.17. The fraction of sp³-hybridized carbons (Fsp3) is 0. The van der Waals surface area contributed by atoms with E-state index in [0.29, 0.717) is 0 Å². The van der Waals surface area contributed by atoms with E-state index in [4.69, 9.17) is 0 Å². The van der Waals surface area contributed by atoms with Crippen molar-refractivity contribution in [3.63, 3.8) is 0 Å². The van der Waals surface area contributed by atoms with Crippen LogP contribution >= 0.6 is 0 Å². The summed E-state index contributed by atoms with van der Waals surface area (Å²) >= 11 is 1.46. The van der Waals surface area contributed by atoms with E-state index in [-0.39, 0.29) is 0 Å². The van der Waals surface area contributed by atoms with E-state index >= 15 is 0 Å². The Morgan fingerprint density at radius 2 is 1.75 bits per heavy atom. The fourth-order valence-electron chi connectivity index (χ4n) is 0.549. The van der Waals surface area contributed by atoms with Crippen LogP contribution in [0.25, 0.3) is 0 Å². The minimum atomic E-state index is 1.32. The first-order chi connectivity index (χ1) is 3.93. The van der Waals surface area contributed by atoms with E-state index in [1.165, 1.54) is 29.4 Å². The van der Waals surface area contributed by atoms with Gasteiger partial charge >= 0.3 is 64.2 Å². The topological polar surface area (TPSA) is 0 Å². The van der Waals surface area contributed by atoms with Gasteiger partial charge in [-0.3, -0.25) is 0 Å². The second-order valence-electron chi connectivity index (χ2n) is 1.56. The van der Waals surface area contributed by atoms with Gasteiger partial charge in [0.05, 0.1) is 0 Å². The molecule has 0 aromatic heterocycles. The van der Waals surface area contributed by atoms with Crippen LogP contribution in [0.4, 0.5) is 0 Å². The van der Waals surface area contributed by atoms with Crippen molar-refractivity contribution < 1.29 is 24.0 Å². The Labute approximate surface area is 64.1 Å². The van der Waals surface area contributed by atoms with Crippen molar-refractivity contribution in [2.24, 2.45) is 0 Å². The van der Waals surface area contributed by atoms with Crippen LogP contribution in [0, 0.1) is 0 Å². The molecule has 0 nitrogen and oxygen atoms in total. The molecule has 8 heavy (non-hydrogen) atoms. The molecule has 0 aliphatic heterocycles. The Morgan fingerprint density at radius 1 is 1.12 bits per heavy atom. The second-order valence-corrected chi connectivity index (χ2v) is 2.26. The molecular weight excluding hydrogens is 174 g/mol. The van der Waals surface area contributed by atoms with Crippen molar-refractivity contribution in [2.45, 2.75) is 0 Å². The molecule has 1 aromatic rings. The van der Waals surface area contributed by atoms with Gasteiger partial charge in [-0.2, -0.15) is 0 Å². The molecule has 1 rings (SSSR count). The van der Waals surface area contributed by atoms with E-state index in [1.54, 1.807) is 0 Å². The van der Waals surface area contributed by atoms with Gasteiger partial charge in [-0.15, -0.1) is 0 Å². The minimum absolute atomic E-state index is 1.32. The molecular formula is C6H5BZr+2. The van der Waals surface area contributed by atoms with Crippen LogP contribution in [0.5, 0.6) is 0 Å². The zero-order chi connectivity index (χ0) is 5.82. The van der Waals surface area contributed by atoms with Crippen LogP contribution in [0.1, 0.15) is 0 Å². The summed E-state index contributed by atoms with van der Waals surface area (Å²) in [6.07, 6.45) is 0. The van der Waals surface area contributed by atoms with Crippen molar-refractivity contribution in [3.8, 4) is 0 Å². The molecule has 0 heterocycles. The zero-order valence-electron chi connectivity index (χ0n) is 4.46. The summed E-state index contributed by atoms with van der Waals surface area (Å²) in [7, 11) is 0. The van der Waals surface area contributed by atoms with Crippen molar-refractivity contribution in [3.05, 3.63) is 30.3 Å². The van der Waals surface area contributed by atoms with Crippen LogP contribution < -0.4 is 5.46 Å². The predicted octanol–water partition coefficient (Wildman–Crippen LogP) is 0.478. The third-order valence-corrected chi connectivity index (χ3v) is 1.79. The first-order valence-electron chi connectivity index (χ1n) is 2.49. The molecule has 0 saturated heterocycles. The zero-order valence-corrected chi connectivity index (χ0v) is 6.92. The van der Waals surface area contributed by atoms with Gasteiger partial charge in [-0.1, -0.05) is 0 Å². The standard InChI is InChI=1S/C6H5B.Zr/c7-6-4-2-1-3-5-6;/h1-5H;/q;+2. The van der Waals surface area contributed by atoms with Gasteiger partial charge in [0.2, 0.25) is 0 Å². The van der Waals surface area contributed by atoms with Gasteiger partial charge in [0.15, 0.2) is 0 Å². The Morgan fingerprint density at radius 3 is 2.12 bits per heavy atom. The molecule has 0 radical (unpaired) electrons. The maximum absolute atomic E-state index is 2.17. The van der Waals surface area contributed by atoms with Gasteiger partial charge in [-0.25, -0.2) is 0 Å². The quantitative estimate of drug-likeness (QED) is 0.550. The summed E-state index contributed by atoms with van der Waals surface area (Å²) in [5.41, 5.74) is 1.32. The molecule has 0 amide bonds. The normalized spacial score (nSPS) is 8.25. The van der Waals surface area contributed by atoms with E-state index in [1.807, 2.05) is 6.07 Å². The molecule has 1 aromatic carbocycles. The first kappa shape index (κ1) is 6.29. The molecule has 0 bridgehead atoms. The molecule has 0 aliphatic carbocycles. The van der Waals surface area contributed by atoms with Crippen molar-refractivity contribution >= 4 is 9.84 Å². The van der Waals surface area contributed by atoms with Gasteiger partial charge in [0, 0.05) is 0 Å². The van der Waals surface area contributed by atoms with Crippen LogP contribution in [0.3, 0.4) is 0 Å². The summed E-state index contributed by atoms with van der Waals surface area (Å²) in [5.74, 6) is 0. The fourth-order valence-corrected chi connectivity index (χ4v) is 1.02. The van der Waals surface area contributed by atoms with Crippen molar-refractivity contribution in [1.82, 2.24) is 0 Å². The van der Waals surface area contributed by atoms with Gasteiger partial charge in [-0.05, 0) is 0 Å².